The van der Waals surface area contributed by atoms with Crippen molar-refractivity contribution in [1.82, 2.24) is 0 Å². The first kappa shape index (κ1) is 15.2. The van der Waals surface area contributed by atoms with E-state index in [2.05, 4.69) is 10.6 Å². The first-order valence-corrected chi connectivity index (χ1v) is 6.38. The first-order valence-electron chi connectivity index (χ1n) is 6.38. The standard InChI is InChI=1S/C14H21N3O2/c1-4-5-12(15)14(19)17-11-7-6-9(2)13(8-11)16-10(3)18/h6-8,12H,4-5,15H2,1-3H3,(H,16,18)(H,17,19)/t12-/m0/s1. The zero-order chi connectivity index (χ0) is 14.4. The van der Waals surface area contributed by atoms with Crippen LogP contribution in [-0.2, 0) is 9.59 Å². The van der Waals surface area contributed by atoms with Gasteiger partial charge in [0.25, 0.3) is 0 Å². The summed E-state index contributed by atoms with van der Waals surface area (Å²) in [5, 5.41) is 5.47. The predicted octanol–water partition coefficient (Wildman–Crippen LogP) is 2.02. The van der Waals surface area contributed by atoms with Crippen molar-refractivity contribution in [3.05, 3.63) is 23.8 Å². The lowest BCUT2D eigenvalue weighted by Gasteiger charge is -2.13. The molecule has 5 nitrogen and oxygen atoms in total. The SMILES string of the molecule is CCC[C@H](N)C(=O)Nc1ccc(C)c(NC(C)=O)c1. The van der Waals surface area contributed by atoms with E-state index in [1.165, 1.54) is 6.92 Å². The largest absolute Gasteiger partial charge is 0.326 e. The van der Waals surface area contributed by atoms with Crippen LogP contribution in [0.1, 0.15) is 32.3 Å². The minimum absolute atomic E-state index is 0.144. The average molecular weight is 263 g/mol. The molecular weight excluding hydrogens is 242 g/mol. The molecule has 0 radical (unpaired) electrons. The van der Waals surface area contributed by atoms with Crippen molar-refractivity contribution in [2.24, 2.45) is 5.73 Å². The topological polar surface area (TPSA) is 84.2 Å². The number of amides is 2. The molecule has 0 heterocycles. The van der Waals surface area contributed by atoms with Gasteiger partial charge in [-0.2, -0.15) is 0 Å². The Kier molecular flexibility index (Phi) is 5.51. The number of aryl methyl sites for hydroxylation is 1. The second-order valence-electron chi connectivity index (χ2n) is 4.60. The molecular formula is C14H21N3O2. The highest BCUT2D eigenvalue weighted by Gasteiger charge is 2.12. The van der Waals surface area contributed by atoms with Crippen LogP contribution in [0.4, 0.5) is 11.4 Å². The molecule has 0 aromatic heterocycles. The van der Waals surface area contributed by atoms with E-state index >= 15 is 0 Å². The summed E-state index contributed by atoms with van der Waals surface area (Å²) in [6.07, 6.45) is 1.51. The third kappa shape index (κ3) is 4.71. The number of rotatable bonds is 5. The highest BCUT2D eigenvalue weighted by atomic mass is 16.2. The molecule has 104 valence electrons. The van der Waals surface area contributed by atoms with Gasteiger partial charge in [0.1, 0.15) is 0 Å². The maximum Gasteiger partial charge on any atom is 0.241 e. The minimum Gasteiger partial charge on any atom is -0.326 e. The van der Waals surface area contributed by atoms with Gasteiger partial charge in [-0.3, -0.25) is 9.59 Å². The number of carbonyl (C=O) groups is 2. The van der Waals surface area contributed by atoms with Crippen LogP contribution in [0.3, 0.4) is 0 Å². The number of nitrogens with one attached hydrogen (secondary N) is 2. The smallest absolute Gasteiger partial charge is 0.241 e. The number of carbonyl (C=O) groups excluding carboxylic acids is 2. The molecule has 0 saturated carbocycles. The normalized spacial score (nSPS) is 11.8. The zero-order valence-electron chi connectivity index (χ0n) is 11.6. The van der Waals surface area contributed by atoms with E-state index in [1.54, 1.807) is 12.1 Å². The van der Waals surface area contributed by atoms with E-state index in [4.69, 9.17) is 5.73 Å². The molecule has 4 N–H and O–H groups in total. The molecule has 1 atom stereocenters. The number of benzene rings is 1. The van der Waals surface area contributed by atoms with E-state index in [0.29, 0.717) is 17.8 Å². The van der Waals surface area contributed by atoms with Crippen LogP contribution in [0.2, 0.25) is 0 Å². The molecule has 0 spiro atoms. The van der Waals surface area contributed by atoms with Crippen molar-refractivity contribution in [1.29, 1.82) is 0 Å². The lowest BCUT2D eigenvalue weighted by Crippen LogP contribution is -2.35. The highest BCUT2D eigenvalue weighted by molar-refractivity contribution is 5.96. The molecule has 0 unspecified atom stereocenters. The monoisotopic (exact) mass is 263 g/mol. The van der Waals surface area contributed by atoms with Gasteiger partial charge in [-0.05, 0) is 31.0 Å². The number of hydrogen-bond donors (Lipinski definition) is 3. The van der Waals surface area contributed by atoms with Gasteiger partial charge < -0.3 is 16.4 Å². The van der Waals surface area contributed by atoms with Gasteiger partial charge in [-0.15, -0.1) is 0 Å². The molecule has 19 heavy (non-hydrogen) atoms. The lowest BCUT2D eigenvalue weighted by molar-refractivity contribution is -0.117. The summed E-state index contributed by atoms with van der Waals surface area (Å²) in [5.41, 5.74) is 8.00. The van der Waals surface area contributed by atoms with Crippen molar-refractivity contribution in [3.8, 4) is 0 Å². The van der Waals surface area contributed by atoms with Crippen molar-refractivity contribution in [3.63, 3.8) is 0 Å². The summed E-state index contributed by atoms with van der Waals surface area (Å²) in [5.74, 6) is -0.353. The second-order valence-corrected chi connectivity index (χ2v) is 4.60. The summed E-state index contributed by atoms with van der Waals surface area (Å²) >= 11 is 0. The van der Waals surface area contributed by atoms with Crippen LogP contribution >= 0.6 is 0 Å². The Hall–Kier alpha value is -1.88. The summed E-state index contributed by atoms with van der Waals surface area (Å²) in [7, 11) is 0. The average Bonchev–Trinajstić information content (AvgIpc) is 2.33. The fraction of sp³-hybridized carbons (Fsp3) is 0.429. The first-order chi connectivity index (χ1) is 8.93. The Balaban J connectivity index is 2.79. The molecule has 0 aliphatic rings. The van der Waals surface area contributed by atoms with Crippen LogP contribution in [-0.4, -0.2) is 17.9 Å². The molecule has 0 saturated heterocycles. The van der Waals surface area contributed by atoms with E-state index in [-0.39, 0.29) is 11.8 Å². The fourth-order valence-corrected chi connectivity index (χ4v) is 1.70. The molecule has 5 heteroatoms. The van der Waals surface area contributed by atoms with Crippen molar-refractivity contribution >= 4 is 23.2 Å². The van der Waals surface area contributed by atoms with E-state index < -0.39 is 6.04 Å². The Morgan fingerprint density at radius 2 is 2.00 bits per heavy atom. The van der Waals surface area contributed by atoms with Gasteiger partial charge in [0, 0.05) is 18.3 Å². The van der Waals surface area contributed by atoms with Crippen LogP contribution < -0.4 is 16.4 Å². The Labute approximate surface area is 113 Å². The lowest BCUT2D eigenvalue weighted by atomic mass is 10.1. The quantitative estimate of drug-likeness (QED) is 0.759. The van der Waals surface area contributed by atoms with Gasteiger partial charge in [0.05, 0.1) is 6.04 Å². The molecule has 0 bridgehead atoms. The Morgan fingerprint density at radius 3 is 2.58 bits per heavy atom. The summed E-state index contributed by atoms with van der Waals surface area (Å²) in [6, 6.07) is 4.85. The fourth-order valence-electron chi connectivity index (χ4n) is 1.70. The summed E-state index contributed by atoms with van der Waals surface area (Å²) in [6.45, 7) is 5.31. The predicted molar refractivity (Wildman–Crippen MR) is 77.0 cm³/mol. The van der Waals surface area contributed by atoms with E-state index in [0.717, 1.165) is 12.0 Å². The van der Waals surface area contributed by atoms with Gasteiger partial charge in [0.2, 0.25) is 11.8 Å². The maximum atomic E-state index is 11.8. The zero-order valence-corrected chi connectivity index (χ0v) is 11.6. The van der Waals surface area contributed by atoms with Crippen molar-refractivity contribution in [2.45, 2.75) is 39.7 Å². The summed E-state index contributed by atoms with van der Waals surface area (Å²) < 4.78 is 0. The van der Waals surface area contributed by atoms with Crippen LogP contribution in [0.25, 0.3) is 0 Å². The van der Waals surface area contributed by atoms with Crippen LogP contribution in [0, 0.1) is 6.92 Å². The summed E-state index contributed by atoms with van der Waals surface area (Å²) in [4.78, 5) is 22.9. The second kappa shape index (κ2) is 6.89. The molecule has 2 amide bonds. The highest BCUT2D eigenvalue weighted by Crippen LogP contribution is 2.20. The third-order valence-electron chi connectivity index (χ3n) is 2.75. The van der Waals surface area contributed by atoms with Crippen LogP contribution in [0.5, 0.6) is 0 Å². The van der Waals surface area contributed by atoms with Gasteiger partial charge in [-0.25, -0.2) is 0 Å². The molecule has 0 aliphatic heterocycles. The number of hydrogen-bond acceptors (Lipinski definition) is 3. The Morgan fingerprint density at radius 1 is 1.32 bits per heavy atom. The molecule has 0 fully saturated rings. The van der Waals surface area contributed by atoms with E-state index in [9.17, 15) is 9.59 Å². The van der Waals surface area contributed by atoms with Crippen molar-refractivity contribution < 1.29 is 9.59 Å². The Bertz CT molecular complexity index is 472. The molecule has 0 aliphatic carbocycles. The number of anilines is 2. The molecule has 1 aromatic carbocycles. The van der Waals surface area contributed by atoms with E-state index in [1.807, 2.05) is 19.9 Å². The van der Waals surface area contributed by atoms with Crippen molar-refractivity contribution in [2.75, 3.05) is 10.6 Å². The van der Waals surface area contributed by atoms with Gasteiger partial charge >= 0.3 is 0 Å². The third-order valence-corrected chi connectivity index (χ3v) is 2.75. The number of nitrogens with two attached hydrogens (primary N) is 1. The molecule has 1 aromatic rings. The maximum absolute atomic E-state index is 11.8. The van der Waals surface area contributed by atoms with Crippen LogP contribution in [0.15, 0.2) is 18.2 Å². The van der Waals surface area contributed by atoms with Gasteiger partial charge in [-0.1, -0.05) is 19.4 Å². The minimum atomic E-state index is -0.504. The molecule has 1 rings (SSSR count). The van der Waals surface area contributed by atoms with Gasteiger partial charge in [0.15, 0.2) is 0 Å².